The summed E-state index contributed by atoms with van der Waals surface area (Å²) in [5, 5.41) is 0. The van der Waals surface area contributed by atoms with Gasteiger partial charge in [-0.1, -0.05) is 6.07 Å². The largest absolute Gasteiger partial charge is 0.484 e. The molecule has 2 N–H and O–H groups in total. The number of hydrogen-bond acceptors (Lipinski definition) is 3. The van der Waals surface area contributed by atoms with Crippen LogP contribution in [-0.4, -0.2) is 11.0 Å². The Kier molecular flexibility index (Phi) is 4.12. The molecule has 0 radical (unpaired) electrons. The molecule has 1 heterocycles. The van der Waals surface area contributed by atoms with Crippen molar-refractivity contribution in [1.29, 1.82) is 0 Å². The standard InChI is InChI=1S/C15H17FN2O/c1-10-3-4-13(9-14(10)16)19-15(11(2)17)12-5-7-18-8-6-12/h3-9,11,15H,17H2,1-2H3. The second-order valence-corrected chi connectivity index (χ2v) is 4.59. The first-order valence-electron chi connectivity index (χ1n) is 6.16. The molecule has 1 aromatic carbocycles. The molecule has 2 unspecified atom stereocenters. The third-order valence-corrected chi connectivity index (χ3v) is 2.92. The van der Waals surface area contributed by atoms with Crippen molar-refractivity contribution >= 4 is 0 Å². The van der Waals surface area contributed by atoms with Crippen molar-refractivity contribution in [2.45, 2.75) is 26.0 Å². The van der Waals surface area contributed by atoms with Crippen molar-refractivity contribution in [1.82, 2.24) is 4.98 Å². The van der Waals surface area contributed by atoms with Crippen LogP contribution < -0.4 is 10.5 Å². The number of rotatable bonds is 4. The minimum atomic E-state index is -0.329. The lowest BCUT2D eigenvalue weighted by Crippen LogP contribution is -2.29. The van der Waals surface area contributed by atoms with E-state index in [4.69, 9.17) is 10.5 Å². The number of ether oxygens (including phenoxy) is 1. The minimum absolute atomic E-state index is 0.216. The molecule has 4 heteroatoms. The van der Waals surface area contributed by atoms with E-state index < -0.39 is 0 Å². The fourth-order valence-corrected chi connectivity index (χ4v) is 1.83. The Balaban J connectivity index is 2.24. The molecule has 0 fully saturated rings. The molecule has 3 nitrogen and oxygen atoms in total. The number of nitrogens with two attached hydrogens (primary N) is 1. The average Bonchev–Trinajstić information content (AvgIpc) is 2.40. The summed E-state index contributed by atoms with van der Waals surface area (Å²) in [6.07, 6.45) is 3.04. The Labute approximate surface area is 112 Å². The Bertz CT molecular complexity index is 543. The van der Waals surface area contributed by atoms with Gasteiger partial charge in [-0.2, -0.15) is 0 Å². The van der Waals surface area contributed by atoms with Gasteiger partial charge < -0.3 is 10.5 Å². The van der Waals surface area contributed by atoms with Gasteiger partial charge >= 0.3 is 0 Å². The summed E-state index contributed by atoms with van der Waals surface area (Å²) in [7, 11) is 0. The fraction of sp³-hybridized carbons (Fsp3) is 0.267. The van der Waals surface area contributed by atoms with E-state index >= 15 is 0 Å². The van der Waals surface area contributed by atoms with Gasteiger partial charge in [0.1, 0.15) is 17.7 Å². The maximum atomic E-state index is 13.5. The summed E-state index contributed by atoms with van der Waals surface area (Å²) >= 11 is 0. The summed E-state index contributed by atoms with van der Waals surface area (Å²) < 4.78 is 19.3. The molecule has 19 heavy (non-hydrogen) atoms. The van der Waals surface area contributed by atoms with E-state index in [0.29, 0.717) is 11.3 Å². The van der Waals surface area contributed by atoms with Gasteiger partial charge in [0.25, 0.3) is 0 Å². The Morgan fingerprint density at radius 2 is 1.89 bits per heavy atom. The highest BCUT2D eigenvalue weighted by atomic mass is 19.1. The van der Waals surface area contributed by atoms with Gasteiger partial charge in [-0.15, -0.1) is 0 Å². The normalized spacial score (nSPS) is 13.9. The molecular formula is C15H17FN2O. The summed E-state index contributed by atoms with van der Waals surface area (Å²) in [6.45, 7) is 3.57. The van der Waals surface area contributed by atoms with Crippen LogP contribution in [0.5, 0.6) is 5.75 Å². The lowest BCUT2D eigenvalue weighted by atomic mass is 10.1. The van der Waals surface area contributed by atoms with E-state index in [0.717, 1.165) is 5.56 Å². The van der Waals surface area contributed by atoms with E-state index in [1.165, 1.54) is 6.07 Å². The Morgan fingerprint density at radius 1 is 1.21 bits per heavy atom. The molecule has 2 rings (SSSR count). The van der Waals surface area contributed by atoms with Crippen molar-refractivity contribution in [2.24, 2.45) is 5.73 Å². The Hall–Kier alpha value is -1.94. The lowest BCUT2D eigenvalue weighted by molar-refractivity contribution is 0.179. The number of benzene rings is 1. The third kappa shape index (κ3) is 3.29. The van der Waals surface area contributed by atoms with Gasteiger partial charge in [-0.25, -0.2) is 4.39 Å². The number of aryl methyl sites for hydroxylation is 1. The first-order chi connectivity index (χ1) is 9.08. The van der Waals surface area contributed by atoms with Crippen LogP contribution in [0.25, 0.3) is 0 Å². The number of nitrogens with zero attached hydrogens (tertiary/aromatic N) is 1. The zero-order valence-electron chi connectivity index (χ0n) is 11.0. The van der Waals surface area contributed by atoms with Crippen molar-refractivity contribution < 1.29 is 9.13 Å². The van der Waals surface area contributed by atoms with E-state index in [1.807, 2.05) is 19.1 Å². The van der Waals surface area contributed by atoms with Crippen molar-refractivity contribution in [3.63, 3.8) is 0 Å². The van der Waals surface area contributed by atoms with Gasteiger partial charge in [-0.05, 0) is 43.2 Å². The molecule has 2 aromatic rings. The monoisotopic (exact) mass is 260 g/mol. The van der Waals surface area contributed by atoms with Crippen LogP contribution in [0.3, 0.4) is 0 Å². The highest BCUT2D eigenvalue weighted by Crippen LogP contribution is 2.25. The van der Waals surface area contributed by atoms with Crippen molar-refractivity contribution in [3.8, 4) is 5.75 Å². The molecule has 0 spiro atoms. The van der Waals surface area contributed by atoms with Gasteiger partial charge in [0.05, 0.1) is 0 Å². The molecule has 0 aliphatic heterocycles. The number of pyridine rings is 1. The van der Waals surface area contributed by atoms with Gasteiger partial charge in [0.15, 0.2) is 0 Å². The smallest absolute Gasteiger partial charge is 0.139 e. The minimum Gasteiger partial charge on any atom is -0.484 e. The molecule has 0 amide bonds. The zero-order chi connectivity index (χ0) is 13.8. The predicted molar refractivity (Wildman–Crippen MR) is 72.4 cm³/mol. The lowest BCUT2D eigenvalue weighted by Gasteiger charge is -2.23. The van der Waals surface area contributed by atoms with E-state index in [2.05, 4.69) is 4.98 Å². The highest BCUT2D eigenvalue weighted by molar-refractivity contribution is 5.29. The summed E-state index contributed by atoms with van der Waals surface area (Å²) in [4.78, 5) is 3.96. The average molecular weight is 260 g/mol. The quantitative estimate of drug-likeness (QED) is 0.919. The zero-order valence-corrected chi connectivity index (χ0v) is 11.0. The van der Waals surface area contributed by atoms with Gasteiger partial charge in [0, 0.05) is 24.5 Å². The number of hydrogen-bond donors (Lipinski definition) is 1. The molecular weight excluding hydrogens is 243 g/mol. The first-order valence-corrected chi connectivity index (χ1v) is 6.16. The van der Waals surface area contributed by atoms with Crippen LogP contribution in [0.1, 0.15) is 24.2 Å². The number of aromatic nitrogens is 1. The topological polar surface area (TPSA) is 48.1 Å². The predicted octanol–water partition coefficient (Wildman–Crippen LogP) is 3.00. The number of halogens is 1. The van der Waals surface area contributed by atoms with Gasteiger partial charge in [0.2, 0.25) is 0 Å². The second kappa shape index (κ2) is 5.80. The molecule has 0 bridgehead atoms. The second-order valence-electron chi connectivity index (χ2n) is 4.59. The molecule has 0 saturated heterocycles. The van der Waals surface area contributed by atoms with Crippen LogP contribution in [0.4, 0.5) is 4.39 Å². The van der Waals surface area contributed by atoms with Gasteiger partial charge in [-0.3, -0.25) is 4.98 Å². The molecule has 1 aromatic heterocycles. The van der Waals surface area contributed by atoms with Crippen LogP contribution >= 0.6 is 0 Å². The third-order valence-electron chi connectivity index (χ3n) is 2.92. The molecule has 100 valence electrons. The molecule has 2 atom stereocenters. The van der Waals surface area contributed by atoms with E-state index in [1.54, 1.807) is 31.5 Å². The van der Waals surface area contributed by atoms with Crippen LogP contribution in [0.15, 0.2) is 42.7 Å². The van der Waals surface area contributed by atoms with Crippen LogP contribution in [-0.2, 0) is 0 Å². The fourth-order valence-electron chi connectivity index (χ4n) is 1.83. The SMILES string of the molecule is Cc1ccc(OC(c2ccncc2)C(C)N)cc1F. The maximum Gasteiger partial charge on any atom is 0.139 e. The van der Waals surface area contributed by atoms with Crippen LogP contribution in [0.2, 0.25) is 0 Å². The Morgan fingerprint density at radius 3 is 2.47 bits per heavy atom. The molecule has 0 aliphatic rings. The summed E-state index contributed by atoms with van der Waals surface area (Å²) in [5.41, 5.74) is 7.46. The van der Waals surface area contributed by atoms with Crippen molar-refractivity contribution in [3.05, 3.63) is 59.7 Å². The van der Waals surface area contributed by atoms with Crippen molar-refractivity contribution in [2.75, 3.05) is 0 Å². The summed E-state index contributed by atoms with van der Waals surface area (Å²) in [6, 6.07) is 8.29. The first kappa shape index (κ1) is 13.5. The maximum absolute atomic E-state index is 13.5. The van der Waals surface area contributed by atoms with E-state index in [-0.39, 0.29) is 18.0 Å². The summed E-state index contributed by atoms with van der Waals surface area (Å²) in [5.74, 6) is 0.192. The molecule has 0 saturated carbocycles. The van der Waals surface area contributed by atoms with E-state index in [9.17, 15) is 4.39 Å². The van der Waals surface area contributed by atoms with Crippen LogP contribution in [0, 0.1) is 12.7 Å². The highest BCUT2D eigenvalue weighted by Gasteiger charge is 2.18. The molecule has 0 aliphatic carbocycles.